The summed E-state index contributed by atoms with van der Waals surface area (Å²) in [6.07, 6.45) is 8.31. The molecule has 0 bridgehead atoms. The van der Waals surface area contributed by atoms with Gasteiger partial charge < -0.3 is 19.4 Å². The normalized spacial score (nSPS) is 20.9. The van der Waals surface area contributed by atoms with Crippen molar-refractivity contribution in [3.63, 3.8) is 0 Å². The molecule has 1 aromatic heterocycles. The van der Waals surface area contributed by atoms with Crippen molar-refractivity contribution in [3.8, 4) is 0 Å². The van der Waals surface area contributed by atoms with E-state index in [9.17, 15) is 0 Å². The van der Waals surface area contributed by atoms with Gasteiger partial charge in [0.25, 0.3) is 0 Å². The number of ether oxygens (including phenoxy) is 1. The average Bonchev–Trinajstić information content (AvgIpc) is 3.33. The summed E-state index contributed by atoms with van der Waals surface area (Å²) in [5.74, 6) is 1.99. The lowest BCUT2D eigenvalue weighted by Crippen LogP contribution is -2.43. The molecule has 6 nitrogen and oxygen atoms in total. The molecule has 1 unspecified atom stereocenters. The van der Waals surface area contributed by atoms with Crippen molar-refractivity contribution in [2.24, 2.45) is 4.99 Å². The number of furan rings is 1. The van der Waals surface area contributed by atoms with Crippen LogP contribution in [-0.2, 0) is 11.2 Å². The minimum absolute atomic E-state index is 0. The van der Waals surface area contributed by atoms with Gasteiger partial charge in [0.15, 0.2) is 5.96 Å². The van der Waals surface area contributed by atoms with E-state index in [1.54, 1.807) is 13.4 Å². The van der Waals surface area contributed by atoms with E-state index in [2.05, 4.69) is 27.3 Å². The Morgan fingerprint density at radius 2 is 2.24 bits per heavy atom. The van der Waals surface area contributed by atoms with Crippen LogP contribution < -0.4 is 5.32 Å². The summed E-state index contributed by atoms with van der Waals surface area (Å²) in [5, 5.41) is 3.50. The van der Waals surface area contributed by atoms with Crippen LogP contribution in [0, 0.1) is 0 Å². The maximum absolute atomic E-state index is 5.40. The van der Waals surface area contributed by atoms with Crippen LogP contribution in [0.4, 0.5) is 0 Å². The van der Waals surface area contributed by atoms with Crippen molar-refractivity contribution in [3.05, 3.63) is 36.3 Å². The molecule has 0 radical (unpaired) electrons. The number of rotatable bonds is 7. The first kappa shape index (κ1) is 20.3. The van der Waals surface area contributed by atoms with Gasteiger partial charge in [-0.3, -0.25) is 9.89 Å². The molecule has 1 saturated heterocycles. The Bertz CT molecular complexity index is 539. The quantitative estimate of drug-likeness (QED) is 0.222. The van der Waals surface area contributed by atoms with Gasteiger partial charge in [-0.25, -0.2) is 0 Å². The highest BCUT2D eigenvalue weighted by atomic mass is 127. The third-order valence-electron chi connectivity index (χ3n) is 4.62. The SMILES string of the molecule is COCCN=C(NCCc1ccco1)N1CCC(N2CC=CC2)C1.I. The third kappa shape index (κ3) is 6.00. The van der Waals surface area contributed by atoms with Gasteiger partial charge in [0.1, 0.15) is 5.76 Å². The molecule has 0 aromatic carbocycles. The Kier molecular flexibility index (Phi) is 8.77. The molecule has 0 saturated carbocycles. The van der Waals surface area contributed by atoms with Crippen LogP contribution in [0.5, 0.6) is 0 Å². The molecule has 2 aliphatic heterocycles. The van der Waals surface area contributed by atoms with Crippen molar-refractivity contribution in [2.75, 3.05) is 53.0 Å². The van der Waals surface area contributed by atoms with Gasteiger partial charge in [-0.1, -0.05) is 12.2 Å². The zero-order valence-electron chi connectivity index (χ0n) is 14.9. The van der Waals surface area contributed by atoms with Crippen molar-refractivity contribution >= 4 is 29.9 Å². The zero-order chi connectivity index (χ0) is 16.6. The lowest BCUT2D eigenvalue weighted by Gasteiger charge is -2.25. The fourth-order valence-corrected chi connectivity index (χ4v) is 3.29. The average molecular weight is 460 g/mol. The molecule has 1 aromatic rings. The maximum Gasteiger partial charge on any atom is 0.194 e. The first-order valence-electron chi connectivity index (χ1n) is 8.80. The molecule has 3 rings (SSSR count). The van der Waals surface area contributed by atoms with E-state index < -0.39 is 0 Å². The summed E-state index contributed by atoms with van der Waals surface area (Å²) in [6, 6.07) is 4.56. The van der Waals surface area contributed by atoms with E-state index in [0.717, 1.165) is 50.9 Å². The van der Waals surface area contributed by atoms with Crippen molar-refractivity contribution in [1.82, 2.24) is 15.1 Å². The van der Waals surface area contributed by atoms with Gasteiger partial charge in [-0.15, -0.1) is 24.0 Å². The van der Waals surface area contributed by atoms with Crippen LogP contribution in [0.15, 0.2) is 40.0 Å². The predicted molar refractivity (Wildman–Crippen MR) is 111 cm³/mol. The van der Waals surface area contributed by atoms with Crippen molar-refractivity contribution < 1.29 is 9.15 Å². The van der Waals surface area contributed by atoms with Gasteiger partial charge in [0.05, 0.1) is 19.4 Å². The van der Waals surface area contributed by atoms with E-state index >= 15 is 0 Å². The number of hydrogen-bond acceptors (Lipinski definition) is 4. The lowest BCUT2D eigenvalue weighted by molar-refractivity contribution is 0.207. The molecular weight excluding hydrogens is 431 g/mol. The van der Waals surface area contributed by atoms with Crippen LogP contribution in [0.25, 0.3) is 0 Å². The molecule has 25 heavy (non-hydrogen) atoms. The molecule has 2 aliphatic rings. The van der Waals surface area contributed by atoms with Gasteiger partial charge in [-0.2, -0.15) is 0 Å². The van der Waals surface area contributed by atoms with Crippen LogP contribution in [-0.4, -0.2) is 74.8 Å². The summed E-state index contributed by atoms with van der Waals surface area (Å²) < 4.78 is 10.5. The summed E-state index contributed by atoms with van der Waals surface area (Å²) in [6.45, 7) is 6.43. The minimum Gasteiger partial charge on any atom is -0.469 e. The summed E-state index contributed by atoms with van der Waals surface area (Å²) in [4.78, 5) is 9.63. The standard InChI is InChI=1S/C18H28N4O2.HI/c1-23-14-9-20-18(19-8-6-17-5-4-13-24-17)22-12-7-16(15-22)21-10-2-3-11-21;/h2-5,13,16H,6-12,14-15H2,1H3,(H,19,20);1H. The largest absolute Gasteiger partial charge is 0.469 e. The van der Waals surface area contributed by atoms with E-state index in [-0.39, 0.29) is 24.0 Å². The molecular formula is C18H29IN4O2. The number of nitrogens with zero attached hydrogens (tertiary/aromatic N) is 3. The lowest BCUT2D eigenvalue weighted by atomic mass is 10.2. The minimum atomic E-state index is 0. The molecule has 7 heteroatoms. The fourth-order valence-electron chi connectivity index (χ4n) is 3.29. The number of nitrogens with one attached hydrogen (secondary N) is 1. The number of methoxy groups -OCH3 is 1. The van der Waals surface area contributed by atoms with E-state index in [1.165, 1.54) is 6.42 Å². The summed E-state index contributed by atoms with van der Waals surface area (Å²) in [7, 11) is 1.71. The van der Waals surface area contributed by atoms with Gasteiger partial charge in [-0.05, 0) is 18.6 Å². The highest BCUT2D eigenvalue weighted by molar-refractivity contribution is 14.0. The van der Waals surface area contributed by atoms with Crippen LogP contribution >= 0.6 is 24.0 Å². The highest BCUT2D eigenvalue weighted by Crippen LogP contribution is 2.18. The number of likely N-dealkylation sites (tertiary alicyclic amines) is 1. The second-order valence-electron chi connectivity index (χ2n) is 6.27. The molecule has 1 fully saturated rings. The maximum atomic E-state index is 5.40. The monoisotopic (exact) mass is 460 g/mol. The van der Waals surface area contributed by atoms with Crippen molar-refractivity contribution in [1.29, 1.82) is 0 Å². The molecule has 0 spiro atoms. The Hall–Kier alpha value is -1.06. The van der Waals surface area contributed by atoms with E-state index in [0.29, 0.717) is 19.2 Å². The molecule has 140 valence electrons. The van der Waals surface area contributed by atoms with Crippen LogP contribution in [0.2, 0.25) is 0 Å². The van der Waals surface area contributed by atoms with Crippen LogP contribution in [0.3, 0.4) is 0 Å². The third-order valence-corrected chi connectivity index (χ3v) is 4.62. The Labute approximate surface area is 167 Å². The summed E-state index contributed by atoms with van der Waals surface area (Å²) in [5.41, 5.74) is 0. The highest BCUT2D eigenvalue weighted by Gasteiger charge is 2.29. The zero-order valence-corrected chi connectivity index (χ0v) is 17.2. The number of guanidine groups is 1. The molecule has 1 atom stereocenters. The van der Waals surface area contributed by atoms with Crippen LogP contribution in [0.1, 0.15) is 12.2 Å². The second-order valence-corrected chi connectivity index (χ2v) is 6.27. The molecule has 1 N–H and O–H groups in total. The van der Waals surface area contributed by atoms with Gasteiger partial charge in [0.2, 0.25) is 0 Å². The Morgan fingerprint density at radius 1 is 1.40 bits per heavy atom. The fraction of sp³-hybridized carbons (Fsp3) is 0.611. The molecule has 3 heterocycles. The number of hydrogen-bond donors (Lipinski definition) is 1. The second kappa shape index (κ2) is 10.8. The van der Waals surface area contributed by atoms with Gasteiger partial charge in [0, 0.05) is 52.3 Å². The summed E-state index contributed by atoms with van der Waals surface area (Å²) >= 11 is 0. The van der Waals surface area contributed by atoms with E-state index in [1.807, 2.05) is 12.1 Å². The first-order chi connectivity index (χ1) is 11.9. The molecule has 0 amide bonds. The number of aliphatic imine (C=N–C) groups is 1. The molecule has 0 aliphatic carbocycles. The first-order valence-corrected chi connectivity index (χ1v) is 8.80. The Balaban J connectivity index is 0.00000225. The smallest absolute Gasteiger partial charge is 0.194 e. The van der Waals surface area contributed by atoms with Gasteiger partial charge >= 0.3 is 0 Å². The van der Waals surface area contributed by atoms with E-state index in [4.69, 9.17) is 14.1 Å². The van der Waals surface area contributed by atoms with Crippen molar-refractivity contribution in [2.45, 2.75) is 18.9 Å². The topological polar surface area (TPSA) is 53.2 Å². The number of halogens is 1. The Morgan fingerprint density at radius 3 is 2.96 bits per heavy atom. The predicted octanol–water partition coefficient (Wildman–Crippen LogP) is 1.98.